The molecule has 3 aromatic heterocycles. The van der Waals surface area contributed by atoms with E-state index in [4.69, 9.17) is 34.3 Å². The van der Waals surface area contributed by atoms with E-state index in [1.54, 1.807) is 13.8 Å². The van der Waals surface area contributed by atoms with Gasteiger partial charge in [0.05, 0.1) is 98.9 Å². The zero-order chi connectivity index (χ0) is 53.6. The third-order valence-electron chi connectivity index (χ3n) is 11.9. The Morgan fingerprint density at radius 1 is 0.558 bits per heavy atom. The van der Waals surface area contributed by atoms with Crippen molar-refractivity contribution in [2.24, 2.45) is 9.98 Å². The van der Waals surface area contributed by atoms with Crippen LogP contribution in [0.4, 0.5) is 5.69 Å². The number of aryl methyl sites for hydroxylation is 1. The van der Waals surface area contributed by atoms with Gasteiger partial charge < -0.3 is 95.2 Å². The molecule has 0 fully saturated rings. The van der Waals surface area contributed by atoms with E-state index in [9.17, 15) is 46.0 Å². The van der Waals surface area contributed by atoms with Crippen molar-refractivity contribution < 1.29 is 258 Å². The Morgan fingerprint density at radius 3 is 1.58 bits per heavy atom. The van der Waals surface area contributed by atoms with Gasteiger partial charge in [0.15, 0.2) is 46.0 Å². The van der Waals surface area contributed by atoms with Gasteiger partial charge in [0.2, 0.25) is 0 Å². The van der Waals surface area contributed by atoms with Crippen molar-refractivity contribution in [1.29, 1.82) is 0 Å². The molecule has 0 atom stereocenters. The number of aromatic amines is 3. The van der Waals surface area contributed by atoms with Gasteiger partial charge in [-0.1, -0.05) is 31.4 Å². The number of ether oxygens (including phenoxy) is 4. The summed E-state index contributed by atoms with van der Waals surface area (Å²) in [6, 6.07) is 15.5. The van der Waals surface area contributed by atoms with E-state index in [1.165, 1.54) is 63.6 Å². The molecule has 25 heteroatoms. The topological polar surface area (TPSA) is 352 Å². The summed E-state index contributed by atoms with van der Waals surface area (Å²) in [5, 5.41) is 118. The van der Waals surface area contributed by atoms with Crippen LogP contribution in [0.15, 0.2) is 89.6 Å². The van der Waals surface area contributed by atoms with Crippen LogP contribution in [0.2, 0.25) is 0 Å². The first-order valence-electron chi connectivity index (χ1n) is 21.8. The van der Waals surface area contributed by atoms with Crippen molar-refractivity contribution in [3.8, 4) is 69.0 Å². The predicted molar refractivity (Wildman–Crippen MR) is 273 cm³/mol. The summed E-state index contributed by atoms with van der Waals surface area (Å²) >= 11 is 0. The van der Waals surface area contributed by atoms with Gasteiger partial charge in [0.25, 0.3) is 0 Å². The second-order valence-electron chi connectivity index (χ2n) is 16.0. The molecule has 77 heavy (non-hydrogen) atoms. The van der Waals surface area contributed by atoms with Gasteiger partial charge in [-0.05, 0) is 42.5 Å². The van der Waals surface area contributed by atoms with E-state index in [0.717, 1.165) is 5.57 Å². The molecule has 10 rings (SSSR count). The number of aliphatic hydroxyl groups is 4. The summed E-state index contributed by atoms with van der Waals surface area (Å²) in [5.74, 6) is 0.0530. The fraction of sp³-hybridized carbons (Fsp3) is 0.192. The number of allylic oxidation sites excluding steroid dienone is 1. The second kappa shape index (κ2) is 31.1. The number of fused-ring (bicyclic) bond motifs is 5. The molecular formula is C52H56Ac4N5O16+. The number of phenols is 8. The van der Waals surface area contributed by atoms with Gasteiger partial charge >= 0.3 is 1.43 Å². The molecule has 0 saturated heterocycles. The summed E-state index contributed by atoms with van der Waals surface area (Å²) in [7, 11) is 5.58. The fourth-order valence-electron chi connectivity index (χ4n) is 8.00. The predicted octanol–water partition coefficient (Wildman–Crippen LogP) is 5.86. The quantitative estimate of drug-likeness (QED) is 0.0792. The summed E-state index contributed by atoms with van der Waals surface area (Å²) in [4.78, 5) is 16.8. The second-order valence-corrected chi connectivity index (χ2v) is 16.0. The van der Waals surface area contributed by atoms with Gasteiger partial charge in [-0.25, -0.2) is 9.98 Å². The summed E-state index contributed by atoms with van der Waals surface area (Å²) < 4.78 is 19.7. The molecule has 2 aliphatic heterocycles. The Bertz CT molecular complexity index is 3570. The zero-order valence-corrected chi connectivity index (χ0v) is 61.7. The third kappa shape index (κ3) is 14.6. The molecule has 5 aromatic carbocycles. The minimum atomic E-state index is -0.365. The van der Waals surface area contributed by atoms with Crippen molar-refractivity contribution in [2.75, 3.05) is 35.0 Å². The number of aromatic hydroxyl groups is 8. The van der Waals surface area contributed by atoms with Crippen molar-refractivity contribution in [1.82, 2.24) is 15.0 Å². The van der Waals surface area contributed by atoms with E-state index in [-0.39, 0.29) is 290 Å². The number of para-hydroxylation sites is 1. The van der Waals surface area contributed by atoms with Gasteiger partial charge in [-0.3, -0.25) is 0 Å². The van der Waals surface area contributed by atoms with Crippen molar-refractivity contribution >= 4 is 55.3 Å². The van der Waals surface area contributed by atoms with Crippen LogP contribution < -0.4 is 29.5 Å². The molecule has 0 spiro atoms. The first-order chi connectivity index (χ1) is 34.8. The van der Waals surface area contributed by atoms with E-state index in [1.807, 2.05) is 18.3 Å². The molecule has 0 unspecified atom stereocenters. The number of hydrogen-bond acceptors (Lipinski definition) is 18. The molecule has 4 radical (unpaired) electrons. The Hall–Kier alpha value is -3.25. The standard InChI is InChI=1S/C11H13NO5.C11H13NO4.C11H11NO4.C11H11NO3.C8H7N.4Ac/c1-17-8-2-7(15)10-9(11(8)16)5(3-13)6(4-14)12-10;2*1-5-6(4-13)12-10-7(14)3-8(16-2)11(15)9(5)10;1-5-6(2)12-10-7(13)4-8(15-3)11(14)9(5)10;1-2-4-8-7(3-1)5-6-9-8;;;;/h2,12-16H,3-4H2,1H3;3,12-15H,4H2,1-2H3;3,13-15H,1,4H2,2H3;4,13-14H,2H2,1,3H3;1-6,9H;;;;/p+1. The molecule has 396 valence electrons. The van der Waals surface area contributed by atoms with Gasteiger partial charge in [0, 0.05) is 235 Å². The number of hydrogen-bond donors (Lipinski definition) is 15. The molecule has 8 aromatic rings. The number of aliphatic imine (C=N–C) groups is 1. The first-order valence-corrected chi connectivity index (χ1v) is 21.8. The molecule has 5 heterocycles. The van der Waals surface area contributed by atoms with Crippen LogP contribution in [0.5, 0.6) is 69.0 Å². The van der Waals surface area contributed by atoms with Crippen molar-refractivity contribution in [3.63, 3.8) is 0 Å². The number of methoxy groups -OCH3 is 4. The first kappa shape index (κ1) is 69.9. The molecular weight excluding hydrogens is 1860 g/mol. The van der Waals surface area contributed by atoms with E-state index in [2.05, 4.69) is 56.3 Å². The number of phenolic OH excluding ortho intramolecular Hbond substituents is 8. The Labute approximate surface area is 585 Å². The number of aromatic nitrogens is 3. The molecule has 21 nitrogen and oxygen atoms in total. The average Bonchev–Trinajstić information content (AvgIpc) is 4.23. The van der Waals surface area contributed by atoms with Crippen LogP contribution in [0.25, 0.3) is 43.9 Å². The van der Waals surface area contributed by atoms with Gasteiger partial charge in [0.1, 0.15) is 34.0 Å². The smallest absolute Gasteiger partial charge is 0.506 e. The van der Waals surface area contributed by atoms with E-state index < -0.39 is 0 Å². The average molecular weight is 1920 g/mol. The van der Waals surface area contributed by atoms with Crippen LogP contribution in [-0.2, 0) is 19.8 Å². The molecule has 0 saturated carbocycles. The van der Waals surface area contributed by atoms with Crippen LogP contribution in [0.3, 0.4) is 0 Å². The molecule has 0 aliphatic carbocycles. The van der Waals surface area contributed by atoms with Crippen LogP contribution in [-0.4, -0.2) is 117 Å². The number of aliphatic hydroxyl groups excluding tert-OH is 4. The number of rotatable bonds is 8. The summed E-state index contributed by atoms with van der Waals surface area (Å²) in [6.45, 7) is 9.80. The van der Waals surface area contributed by atoms with Crippen LogP contribution in [0, 0.1) is 183 Å². The maximum absolute atomic E-state index is 9.95. The van der Waals surface area contributed by atoms with Gasteiger partial charge in [-0.2, -0.15) is 0 Å². The third-order valence-corrected chi connectivity index (χ3v) is 11.9. The zero-order valence-electron chi connectivity index (χ0n) is 43.7. The Balaban J connectivity index is 0.000000485. The number of benzene rings is 5. The monoisotopic (exact) mass is 1910 g/mol. The van der Waals surface area contributed by atoms with Crippen molar-refractivity contribution in [3.05, 3.63) is 118 Å². The maximum Gasteiger partial charge on any atom is 1.00 e. The molecule has 0 bridgehead atoms. The summed E-state index contributed by atoms with van der Waals surface area (Å²) in [5.41, 5.74) is 6.36. The largest absolute Gasteiger partial charge is 1.00 e. The Kier molecular flexibility index (Phi) is 28.2. The van der Waals surface area contributed by atoms with Crippen molar-refractivity contribution in [2.45, 2.75) is 33.7 Å². The minimum absolute atomic E-state index is 0. The molecule has 2 aliphatic rings. The minimum Gasteiger partial charge on any atom is -0.506 e. The number of nitrogens with zero attached hydrogens (tertiary/aromatic N) is 2. The maximum atomic E-state index is 9.95. The van der Waals surface area contributed by atoms with E-state index in [0.29, 0.717) is 66.5 Å². The van der Waals surface area contributed by atoms with E-state index >= 15 is 0 Å². The Morgan fingerprint density at radius 2 is 1.05 bits per heavy atom. The fourth-order valence-corrected chi connectivity index (χ4v) is 8.00. The SMILES string of the molecule is C=C1C(CO)=Nc2c(O)cc(OC)c(O)c21.C=C1N=c2c(O)cc(OC)c(O)c2=C1C.COc1cc(O)c2[nH]c(CO)c(C)c2c1O.COc1cc(O)c2[nH]c(CO)c(CO)c2c1O.[Ac].[Ac].[Ac].[Ac].[H+].c1ccc2[nH]ccc2c1. The number of H-pyrrole nitrogens is 3. The molecule has 0 amide bonds. The summed E-state index contributed by atoms with van der Waals surface area (Å²) in [6.07, 6.45) is 1.95. The van der Waals surface area contributed by atoms with Crippen LogP contribution >= 0.6 is 0 Å². The van der Waals surface area contributed by atoms with Gasteiger partial charge in [-0.15, -0.1) is 0 Å². The number of nitrogens with one attached hydrogen (secondary N) is 3. The molecule has 15 N–H and O–H groups in total. The normalized spacial score (nSPS) is 11.4. The van der Waals surface area contributed by atoms with Crippen LogP contribution in [0.1, 0.15) is 36.4 Å².